The molecule has 10 heteroatoms. The Morgan fingerprint density at radius 1 is 1.31 bits per heavy atom. The number of anilines is 1. The summed E-state index contributed by atoms with van der Waals surface area (Å²) in [6.07, 6.45) is 1.60. The number of aryl methyl sites for hydroxylation is 1. The minimum Gasteiger partial charge on any atom is -0.358 e. The second-order valence-corrected chi connectivity index (χ2v) is 6.02. The van der Waals surface area contributed by atoms with Gasteiger partial charge in [0, 0.05) is 6.20 Å². The van der Waals surface area contributed by atoms with E-state index in [9.17, 15) is 14.9 Å². The predicted octanol–water partition coefficient (Wildman–Crippen LogP) is 2.64. The number of nitrogens with one attached hydrogen (secondary N) is 1. The molecule has 1 N–H and O–H groups in total. The number of carbonyl (C=O) groups excluding carboxylic acids is 1. The van der Waals surface area contributed by atoms with Crippen molar-refractivity contribution < 1.29 is 9.72 Å². The Hall–Kier alpha value is -3.20. The molecule has 134 valence electrons. The maximum Gasteiger partial charge on any atom is 0.345 e. The van der Waals surface area contributed by atoms with Crippen LogP contribution < -0.4 is 5.32 Å². The highest BCUT2D eigenvalue weighted by Crippen LogP contribution is 2.20. The van der Waals surface area contributed by atoms with Crippen LogP contribution in [0.5, 0.6) is 0 Å². The Balaban J connectivity index is 1.69. The molecule has 1 amide bonds. The summed E-state index contributed by atoms with van der Waals surface area (Å²) in [5.41, 5.74) is 1.49. The fourth-order valence-corrected chi connectivity index (χ4v) is 2.63. The normalized spacial score (nSPS) is 10.7. The number of hydrogen-bond acceptors (Lipinski definition) is 5. The first-order valence-corrected chi connectivity index (χ1v) is 8.06. The zero-order valence-electron chi connectivity index (χ0n) is 13.8. The minimum absolute atomic E-state index is 0.194. The van der Waals surface area contributed by atoms with Crippen LogP contribution in [0.4, 0.5) is 11.6 Å². The van der Waals surface area contributed by atoms with Crippen LogP contribution in [0.15, 0.2) is 42.6 Å². The van der Waals surface area contributed by atoms with Gasteiger partial charge in [-0.3, -0.25) is 9.48 Å². The highest BCUT2D eigenvalue weighted by molar-refractivity contribution is 6.33. The number of halogens is 1. The van der Waals surface area contributed by atoms with Crippen molar-refractivity contribution in [2.24, 2.45) is 0 Å². The van der Waals surface area contributed by atoms with Crippen LogP contribution in [0.2, 0.25) is 5.02 Å². The van der Waals surface area contributed by atoms with Crippen LogP contribution in [-0.2, 0) is 17.9 Å². The Morgan fingerprint density at radius 3 is 2.73 bits per heavy atom. The van der Waals surface area contributed by atoms with E-state index in [-0.39, 0.29) is 23.2 Å². The number of aromatic nitrogens is 4. The second-order valence-electron chi connectivity index (χ2n) is 5.62. The number of rotatable bonds is 6. The van der Waals surface area contributed by atoms with E-state index in [0.29, 0.717) is 12.2 Å². The van der Waals surface area contributed by atoms with Crippen molar-refractivity contribution in [1.82, 2.24) is 19.6 Å². The topological polar surface area (TPSA) is 108 Å². The molecule has 0 bridgehead atoms. The molecule has 2 aromatic heterocycles. The van der Waals surface area contributed by atoms with Gasteiger partial charge in [0.1, 0.15) is 5.02 Å². The molecule has 2 heterocycles. The first-order valence-electron chi connectivity index (χ1n) is 7.68. The van der Waals surface area contributed by atoms with Crippen LogP contribution in [0.3, 0.4) is 0 Å². The van der Waals surface area contributed by atoms with Gasteiger partial charge in [-0.15, -0.1) is 4.68 Å². The van der Waals surface area contributed by atoms with Gasteiger partial charge in [0.15, 0.2) is 12.4 Å². The van der Waals surface area contributed by atoms with E-state index in [0.717, 1.165) is 10.2 Å². The lowest BCUT2D eigenvalue weighted by molar-refractivity contribution is -0.392. The van der Waals surface area contributed by atoms with Crippen molar-refractivity contribution in [2.75, 3.05) is 5.32 Å². The number of benzene rings is 1. The summed E-state index contributed by atoms with van der Waals surface area (Å²) in [5.74, 6) is -0.569. The largest absolute Gasteiger partial charge is 0.358 e. The van der Waals surface area contributed by atoms with Crippen molar-refractivity contribution in [3.05, 3.63) is 69.0 Å². The Morgan fingerprint density at radius 2 is 2.04 bits per heavy atom. The van der Waals surface area contributed by atoms with Gasteiger partial charge >= 0.3 is 5.82 Å². The highest BCUT2D eigenvalue weighted by Gasteiger charge is 2.20. The third kappa shape index (κ3) is 4.06. The molecule has 9 nitrogen and oxygen atoms in total. The van der Waals surface area contributed by atoms with Crippen LogP contribution in [-0.4, -0.2) is 30.4 Å². The van der Waals surface area contributed by atoms with Gasteiger partial charge in [-0.05, 0) is 17.4 Å². The monoisotopic (exact) mass is 374 g/mol. The van der Waals surface area contributed by atoms with E-state index < -0.39 is 10.8 Å². The first kappa shape index (κ1) is 17.6. The van der Waals surface area contributed by atoms with Crippen LogP contribution >= 0.6 is 11.6 Å². The van der Waals surface area contributed by atoms with E-state index in [1.54, 1.807) is 17.8 Å². The fraction of sp³-hybridized carbons (Fsp3) is 0.188. The molecule has 0 radical (unpaired) electrons. The van der Waals surface area contributed by atoms with E-state index in [4.69, 9.17) is 11.6 Å². The van der Waals surface area contributed by atoms with Gasteiger partial charge in [-0.2, -0.15) is 5.10 Å². The molecule has 0 aliphatic rings. The zero-order valence-corrected chi connectivity index (χ0v) is 14.6. The van der Waals surface area contributed by atoms with Gasteiger partial charge in [0.05, 0.1) is 18.3 Å². The second kappa shape index (κ2) is 7.36. The molecule has 0 unspecified atom stereocenters. The molecule has 26 heavy (non-hydrogen) atoms. The molecule has 0 aliphatic carbocycles. The summed E-state index contributed by atoms with van der Waals surface area (Å²) in [4.78, 5) is 22.6. The molecule has 0 saturated carbocycles. The van der Waals surface area contributed by atoms with Crippen LogP contribution in [0.1, 0.15) is 11.3 Å². The Labute approximate surface area is 153 Å². The molecule has 0 aliphatic heterocycles. The smallest absolute Gasteiger partial charge is 0.345 e. The SMILES string of the molecule is Cc1cc([N+](=O)[O-])n(CC(=O)Nc2nn(Cc3ccccc3)cc2Cl)n1. The third-order valence-electron chi connectivity index (χ3n) is 3.52. The fourth-order valence-electron chi connectivity index (χ4n) is 2.44. The zero-order chi connectivity index (χ0) is 18.7. The minimum atomic E-state index is -0.588. The van der Waals surface area contributed by atoms with Gasteiger partial charge in [-0.25, -0.2) is 0 Å². The van der Waals surface area contributed by atoms with E-state index in [1.165, 1.54) is 6.07 Å². The van der Waals surface area contributed by atoms with Gasteiger partial charge in [-0.1, -0.05) is 47.0 Å². The van der Waals surface area contributed by atoms with E-state index >= 15 is 0 Å². The number of nitrogens with zero attached hydrogens (tertiary/aromatic N) is 5. The van der Waals surface area contributed by atoms with Crippen LogP contribution in [0.25, 0.3) is 0 Å². The average molecular weight is 375 g/mol. The molecule has 0 spiro atoms. The average Bonchev–Trinajstić information content (AvgIpc) is 3.11. The summed E-state index contributed by atoms with van der Waals surface area (Å²) in [6, 6.07) is 11.0. The lowest BCUT2D eigenvalue weighted by Crippen LogP contribution is -2.21. The quantitative estimate of drug-likeness (QED) is 0.527. The summed E-state index contributed by atoms with van der Waals surface area (Å²) >= 11 is 6.12. The van der Waals surface area contributed by atoms with Crippen molar-refractivity contribution in [3.63, 3.8) is 0 Å². The maximum absolute atomic E-state index is 12.2. The first-order chi connectivity index (χ1) is 12.4. The molecular formula is C16H15ClN6O3. The number of nitro groups is 1. The standard InChI is InChI=1S/C16H15ClN6O3/c1-11-7-15(23(25)26)22(19-11)10-14(24)18-16-13(17)9-21(20-16)8-12-5-3-2-4-6-12/h2-7,9H,8,10H2,1H3,(H,18,20,24). The number of carbonyl (C=O) groups is 1. The molecular weight excluding hydrogens is 360 g/mol. The van der Waals surface area contributed by atoms with E-state index in [1.807, 2.05) is 30.3 Å². The number of amides is 1. The predicted molar refractivity (Wildman–Crippen MR) is 95.0 cm³/mol. The lowest BCUT2D eigenvalue weighted by atomic mass is 10.2. The molecule has 0 atom stereocenters. The summed E-state index contributed by atoms with van der Waals surface area (Å²) in [6.45, 7) is 1.80. The van der Waals surface area contributed by atoms with Crippen molar-refractivity contribution in [3.8, 4) is 0 Å². The van der Waals surface area contributed by atoms with Crippen LogP contribution in [0, 0.1) is 17.0 Å². The van der Waals surface area contributed by atoms with Crippen molar-refractivity contribution in [2.45, 2.75) is 20.0 Å². The summed E-state index contributed by atoms with van der Waals surface area (Å²) in [5, 5.41) is 22.0. The van der Waals surface area contributed by atoms with Crippen molar-refractivity contribution >= 4 is 29.1 Å². The summed E-state index contributed by atoms with van der Waals surface area (Å²) in [7, 11) is 0. The van der Waals surface area contributed by atoms with Gasteiger partial charge in [0.2, 0.25) is 0 Å². The molecule has 3 rings (SSSR count). The summed E-state index contributed by atoms with van der Waals surface area (Å²) < 4.78 is 2.63. The molecule has 0 fully saturated rings. The highest BCUT2D eigenvalue weighted by atomic mass is 35.5. The van der Waals surface area contributed by atoms with Gasteiger partial charge < -0.3 is 15.4 Å². The Kier molecular flexibility index (Phi) is 4.99. The van der Waals surface area contributed by atoms with E-state index in [2.05, 4.69) is 15.5 Å². The maximum atomic E-state index is 12.2. The Bertz CT molecular complexity index is 950. The number of hydrogen-bond donors (Lipinski definition) is 1. The molecule has 0 saturated heterocycles. The molecule has 1 aromatic carbocycles. The molecule has 3 aromatic rings. The third-order valence-corrected chi connectivity index (χ3v) is 3.80. The lowest BCUT2D eigenvalue weighted by Gasteiger charge is -2.02. The van der Waals surface area contributed by atoms with Gasteiger partial charge in [0.25, 0.3) is 5.91 Å². The van der Waals surface area contributed by atoms with Crippen molar-refractivity contribution in [1.29, 1.82) is 0 Å².